The van der Waals surface area contributed by atoms with Crippen LogP contribution in [0.4, 0.5) is 30.7 Å². The quantitative estimate of drug-likeness (QED) is 0.607. The van der Waals surface area contributed by atoms with Crippen molar-refractivity contribution in [3.63, 3.8) is 0 Å². The van der Waals surface area contributed by atoms with Crippen LogP contribution in [0.2, 0.25) is 0 Å². The zero-order chi connectivity index (χ0) is 15.7. The molecule has 0 atom stereocenters. The Bertz CT molecular complexity index is 508. The highest BCUT2D eigenvalue weighted by molar-refractivity contribution is 5.96. The summed E-state index contributed by atoms with van der Waals surface area (Å²) in [5, 5.41) is 0. The van der Waals surface area contributed by atoms with Gasteiger partial charge in [-0.15, -0.1) is 0 Å². The average molecular weight is 304 g/mol. The average Bonchev–Trinajstić information content (AvgIpc) is 2.25. The molecule has 0 aliphatic rings. The molecule has 0 N–H and O–H groups in total. The Balaban J connectivity index is 3.62. The molecule has 0 saturated heterocycles. The maximum Gasteiger partial charge on any atom is 0.420 e. The number of hydrogen-bond acceptors (Lipinski definition) is 2. The van der Waals surface area contributed by atoms with Gasteiger partial charge in [-0.1, -0.05) is 0 Å². The first-order valence-corrected chi connectivity index (χ1v) is 5.03. The lowest BCUT2D eigenvalue weighted by Crippen LogP contribution is -2.17. The molecule has 112 valence electrons. The summed E-state index contributed by atoms with van der Waals surface area (Å²) in [4.78, 5) is 11.1. The van der Waals surface area contributed by atoms with E-state index in [2.05, 4.69) is 4.74 Å². The zero-order valence-corrected chi connectivity index (χ0v) is 9.77. The second-order valence-electron chi connectivity index (χ2n) is 3.67. The summed E-state index contributed by atoms with van der Waals surface area (Å²) < 4.78 is 91.2. The molecule has 0 heterocycles. The first kappa shape index (κ1) is 16.3. The van der Waals surface area contributed by atoms with Crippen molar-refractivity contribution in [3.05, 3.63) is 28.8 Å². The Labute approximate surface area is 108 Å². The summed E-state index contributed by atoms with van der Waals surface area (Å²) in [5.41, 5.74) is -3.96. The Morgan fingerprint density at radius 2 is 1.70 bits per heavy atom. The zero-order valence-electron chi connectivity index (χ0n) is 9.77. The van der Waals surface area contributed by atoms with Gasteiger partial charge >= 0.3 is 12.8 Å². The van der Waals surface area contributed by atoms with Crippen LogP contribution in [0.1, 0.15) is 34.8 Å². The molecule has 1 aromatic rings. The number of ketones is 1. The molecule has 1 aromatic carbocycles. The van der Waals surface area contributed by atoms with Gasteiger partial charge in [0.15, 0.2) is 5.78 Å². The van der Waals surface area contributed by atoms with Crippen LogP contribution < -0.4 is 4.74 Å². The minimum Gasteiger partial charge on any atom is -0.434 e. The molecule has 0 amide bonds. The van der Waals surface area contributed by atoms with Crippen molar-refractivity contribution in [2.24, 2.45) is 0 Å². The van der Waals surface area contributed by atoms with Crippen molar-refractivity contribution < 1.29 is 40.3 Å². The molecule has 0 aromatic heterocycles. The van der Waals surface area contributed by atoms with E-state index in [4.69, 9.17) is 0 Å². The summed E-state index contributed by atoms with van der Waals surface area (Å²) in [6, 6.07) is 0.459. The number of ether oxygens (including phenoxy) is 1. The molecule has 0 aliphatic heterocycles. The number of benzene rings is 1. The van der Waals surface area contributed by atoms with Crippen LogP contribution in [0.15, 0.2) is 12.1 Å². The lowest BCUT2D eigenvalue weighted by Gasteiger charge is -2.18. The third-order valence-corrected chi connectivity index (χ3v) is 2.26. The van der Waals surface area contributed by atoms with Crippen LogP contribution in [0.3, 0.4) is 0 Å². The van der Waals surface area contributed by atoms with E-state index in [1.54, 1.807) is 0 Å². The summed E-state index contributed by atoms with van der Waals surface area (Å²) in [6.07, 6.45) is -8.44. The smallest absolute Gasteiger partial charge is 0.420 e. The van der Waals surface area contributed by atoms with Crippen LogP contribution in [0, 0.1) is 0 Å². The predicted octanol–water partition coefficient (Wildman–Crippen LogP) is 4.45. The number of carbonyl (C=O) groups is 1. The van der Waals surface area contributed by atoms with E-state index in [9.17, 15) is 35.5 Å². The molecular weight excluding hydrogens is 297 g/mol. The molecular formula is C11H7F7O2. The minimum absolute atomic E-state index is 0.145. The van der Waals surface area contributed by atoms with Gasteiger partial charge in [-0.25, -0.2) is 8.78 Å². The molecule has 20 heavy (non-hydrogen) atoms. The normalized spacial score (nSPS) is 12.1. The topological polar surface area (TPSA) is 26.3 Å². The number of hydrogen-bond donors (Lipinski definition) is 0. The third-order valence-electron chi connectivity index (χ3n) is 2.26. The maximum absolute atomic E-state index is 12.8. The summed E-state index contributed by atoms with van der Waals surface area (Å²) in [7, 11) is 0. The van der Waals surface area contributed by atoms with Gasteiger partial charge in [0, 0.05) is 11.1 Å². The standard InChI is InChI=1S/C11H7F7O2/c1-4(19)6-2-5(9(12)13)3-7(20-10(14)15)8(6)11(16,17)18/h2-3,9-10H,1H3. The maximum atomic E-state index is 12.8. The summed E-state index contributed by atoms with van der Waals surface area (Å²) in [6.45, 7) is -2.95. The number of Topliss-reactive ketones (excluding diaryl/α,β-unsaturated/α-hetero) is 1. The fourth-order valence-corrected chi connectivity index (χ4v) is 1.52. The molecule has 1 rings (SSSR count). The summed E-state index contributed by atoms with van der Waals surface area (Å²) >= 11 is 0. The first-order chi connectivity index (χ1) is 9.04. The lowest BCUT2D eigenvalue weighted by atomic mass is 9.99. The lowest BCUT2D eigenvalue weighted by molar-refractivity contribution is -0.142. The van der Waals surface area contributed by atoms with E-state index in [0.717, 1.165) is 0 Å². The van der Waals surface area contributed by atoms with Gasteiger partial charge in [0.1, 0.15) is 11.3 Å². The van der Waals surface area contributed by atoms with Gasteiger partial charge in [-0.2, -0.15) is 22.0 Å². The Morgan fingerprint density at radius 1 is 1.15 bits per heavy atom. The van der Waals surface area contributed by atoms with Crippen molar-refractivity contribution >= 4 is 5.78 Å². The number of carbonyl (C=O) groups excluding carboxylic acids is 1. The molecule has 2 nitrogen and oxygen atoms in total. The highest BCUT2D eigenvalue weighted by Gasteiger charge is 2.39. The van der Waals surface area contributed by atoms with E-state index in [0.29, 0.717) is 13.0 Å². The van der Waals surface area contributed by atoms with Crippen molar-refractivity contribution in [2.75, 3.05) is 0 Å². The van der Waals surface area contributed by atoms with Gasteiger partial charge in [-0.05, 0) is 19.1 Å². The SMILES string of the molecule is CC(=O)c1cc(C(F)F)cc(OC(F)F)c1C(F)(F)F. The van der Waals surface area contributed by atoms with Gasteiger partial charge in [-0.3, -0.25) is 4.79 Å². The van der Waals surface area contributed by atoms with E-state index in [1.165, 1.54) is 0 Å². The van der Waals surface area contributed by atoms with Crippen molar-refractivity contribution in [3.8, 4) is 5.75 Å². The fourth-order valence-electron chi connectivity index (χ4n) is 1.52. The van der Waals surface area contributed by atoms with Gasteiger partial charge in [0.25, 0.3) is 6.43 Å². The van der Waals surface area contributed by atoms with Crippen molar-refractivity contribution in [2.45, 2.75) is 26.1 Å². The number of rotatable bonds is 4. The van der Waals surface area contributed by atoms with Crippen LogP contribution in [0.25, 0.3) is 0 Å². The van der Waals surface area contributed by atoms with Crippen molar-refractivity contribution in [1.29, 1.82) is 0 Å². The molecule has 9 heteroatoms. The van der Waals surface area contributed by atoms with Crippen LogP contribution in [0.5, 0.6) is 5.75 Å². The monoisotopic (exact) mass is 304 g/mol. The second-order valence-corrected chi connectivity index (χ2v) is 3.67. The van der Waals surface area contributed by atoms with Crippen LogP contribution in [-0.2, 0) is 6.18 Å². The highest BCUT2D eigenvalue weighted by Crippen LogP contribution is 2.41. The third kappa shape index (κ3) is 3.61. The first-order valence-electron chi connectivity index (χ1n) is 5.03. The van der Waals surface area contributed by atoms with Crippen LogP contribution >= 0.6 is 0 Å². The number of halogens is 7. The van der Waals surface area contributed by atoms with E-state index in [1.807, 2.05) is 0 Å². The van der Waals surface area contributed by atoms with Crippen molar-refractivity contribution in [1.82, 2.24) is 0 Å². The van der Waals surface area contributed by atoms with E-state index >= 15 is 0 Å². The molecule has 0 spiro atoms. The van der Waals surface area contributed by atoms with Gasteiger partial charge in [0.2, 0.25) is 0 Å². The Hall–Kier alpha value is -1.80. The highest BCUT2D eigenvalue weighted by atomic mass is 19.4. The largest absolute Gasteiger partial charge is 0.434 e. The fraction of sp³-hybridized carbons (Fsp3) is 0.364. The summed E-state index contributed by atoms with van der Waals surface area (Å²) in [5.74, 6) is -2.70. The molecule has 0 aliphatic carbocycles. The molecule has 0 bridgehead atoms. The predicted molar refractivity (Wildman–Crippen MR) is 53.0 cm³/mol. The van der Waals surface area contributed by atoms with E-state index < -0.39 is 47.4 Å². The Kier molecular flexibility index (Phi) is 4.61. The van der Waals surface area contributed by atoms with Crippen LogP contribution in [-0.4, -0.2) is 12.4 Å². The molecule has 0 saturated carbocycles. The second kappa shape index (κ2) is 5.68. The number of alkyl halides is 7. The van der Waals surface area contributed by atoms with E-state index in [-0.39, 0.29) is 6.07 Å². The Morgan fingerprint density at radius 3 is 2.05 bits per heavy atom. The van der Waals surface area contributed by atoms with Gasteiger partial charge in [0.05, 0.1) is 0 Å². The molecule has 0 radical (unpaired) electrons. The molecule has 0 fully saturated rings. The minimum atomic E-state index is -5.20. The van der Waals surface area contributed by atoms with Gasteiger partial charge < -0.3 is 4.74 Å². The molecule has 0 unspecified atom stereocenters.